The summed E-state index contributed by atoms with van der Waals surface area (Å²) in [6.45, 7) is 1.91. The number of nitrogens with zero attached hydrogens (tertiary/aromatic N) is 1. The zero-order chi connectivity index (χ0) is 20.0. The Morgan fingerprint density at radius 2 is 1.38 bits per heavy atom. The van der Waals surface area contributed by atoms with Gasteiger partial charge in [-0.25, -0.2) is 4.83 Å². The summed E-state index contributed by atoms with van der Waals surface area (Å²) in [5, 5.41) is 11.0. The van der Waals surface area contributed by atoms with Crippen LogP contribution in [0.4, 0.5) is 0 Å². The van der Waals surface area contributed by atoms with Gasteiger partial charge in [0.2, 0.25) is 0 Å². The third kappa shape index (κ3) is 3.00. The van der Waals surface area contributed by atoms with Gasteiger partial charge in [0.1, 0.15) is 0 Å². The Bertz CT molecular complexity index is 1470. The normalized spacial score (nSPS) is 12.4. The standard InChI is InChI=1S/C24H18N2O2S/c1-16-5-12-21(13-6-16)29(27,28)26-25-15-20-10-9-19-8-7-17-3-2-4-18-11-14-22(20)24(19)23(17)18/h2-15,26H,1H3. The molecule has 5 aromatic rings. The first-order chi connectivity index (χ1) is 14.0. The van der Waals surface area contributed by atoms with Crippen LogP contribution in [0.15, 0.2) is 88.9 Å². The quantitative estimate of drug-likeness (QED) is 0.257. The fourth-order valence-electron chi connectivity index (χ4n) is 3.81. The number of hydrogen-bond donors (Lipinski definition) is 1. The molecule has 0 fully saturated rings. The number of nitrogens with one attached hydrogen (secondary N) is 1. The van der Waals surface area contributed by atoms with Gasteiger partial charge in [0.05, 0.1) is 11.1 Å². The van der Waals surface area contributed by atoms with Gasteiger partial charge in [-0.2, -0.15) is 13.5 Å². The van der Waals surface area contributed by atoms with Crippen LogP contribution in [-0.2, 0) is 10.0 Å². The van der Waals surface area contributed by atoms with Gasteiger partial charge in [0.25, 0.3) is 10.0 Å². The Labute approximate surface area is 168 Å². The number of hydrazone groups is 1. The van der Waals surface area contributed by atoms with E-state index in [0.717, 1.165) is 21.9 Å². The molecule has 5 heteroatoms. The van der Waals surface area contributed by atoms with Crippen molar-refractivity contribution in [2.24, 2.45) is 5.10 Å². The molecule has 0 bridgehead atoms. The van der Waals surface area contributed by atoms with Gasteiger partial charge in [-0.1, -0.05) is 72.3 Å². The van der Waals surface area contributed by atoms with Crippen molar-refractivity contribution in [1.29, 1.82) is 0 Å². The van der Waals surface area contributed by atoms with E-state index >= 15 is 0 Å². The van der Waals surface area contributed by atoms with Gasteiger partial charge in [-0.05, 0) is 51.4 Å². The number of rotatable bonds is 4. The molecular formula is C24H18N2O2S. The molecule has 0 saturated carbocycles. The smallest absolute Gasteiger partial charge is 0.200 e. The van der Waals surface area contributed by atoms with E-state index in [1.807, 2.05) is 19.1 Å². The average Bonchev–Trinajstić information content (AvgIpc) is 2.73. The van der Waals surface area contributed by atoms with Crippen molar-refractivity contribution in [3.63, 3.8) is 0 Å². The molecule has 1 N–H and O–H groups in total. The van der Waals surface area contributed by atoms with E-state index in [9.17, 15) is 8.42 Å². The highest BCUT2D eigenvalue weighted by molar-refractivity contribution is 7.89. The van der Waals surface area contributed by atoms with E-state index in [1.165, 1.54) is 21.5 Å². The number of sulfonamides is 1. The average molecular weight is 398 g/mol. The van der Waals surface area contributed by atoms with Crippen molar-refractivity contribution in [3.05, 3.63) is 90.0 Å². The number of benzene rings is 5. The molecular weight excluding hydrogens is 380 g/mol. The Morgan fingerprint density at radius 1 is 0.759 bits per heavy atom. The second kappa shape index (κ2) is 6.57. The first kappa shape index (κ1) is 17.6. The zero-order valence-corrected chi connectivity index (χ0v) is 16.6. The van der Waals surface area contributed by atoms with Crippen molar-refractivity contribution in [1.82, 2.24) is 4.83 Å². The van der Waals surface area contributed by atoms with E-state index in [0.29, 0.717) is 0 Å². The minimum atomic E-state index is -3.70. The maximum atomic E-state index is 12.4. The van der Waals surface area contributed by atoms with Crippen LogP contribution in [0, 0.1) is 6.92 Å². The molecule has 5 aromatic carbocycles. The summed E-state index contributed by atoms with van der Waals surface area (Å²) < 4.78 is 24.9. The van der Waals surface area contributed by atoms with Crippen molar-refractivity contribution >= 4 is 48.6 Å². The van der Waals surface area contributed by atoms with Crippen LogP contribution in [0.2, 0.25) is 0 Å². The van der Waals surface area contributed by atoms with Gasteiger partial charge in [0, 0.05) is 5.56 Å². The summed E-state index contributed by atoms with van der Waals surface area (Å²) in [5.41, 5.74) is 1.86. The largest absolute Gasteiger partial charge is 0.276 e. The highest BCUT2D eigenvalue weighted by atomic mass is 32.2. The Hall–Kier alpha value is -3.44. The molecule has 0 aliphatic rings. The van der Waals surface area contributed by atoms with Crippen LogP contribution in [0.1, 0.15) is 11.1 Å². The lowest BCUT2D eigenvalue weighted by molar-refractivity contribution is 0.584. The Kier molecular flexibility index (Phi) is 4.00. The van der Waals surface area contributed by atoms with Crippen molar-refractivity contribution in [3.8, 4) is 0 Å². The highest BCUT2D eigenvalue weighted by Gasteiger charge is 2.13. The lowest BCUT2D eigenvalue weighted by atomic mass is 9.92. The molecule has 29 heavy (non-hydrogen) atoms. The molecule has 0 saturated heterocycles. The third-order valence-corrected chi connectivity index (χ3v) is 6.51. The SMILES string of the molecule is Cc1ccc(S(=O)(=O)NN=Cc2ccc3ccc4cccc5ccc2c3c45)cc1. The molecule has 0 amide bonds. The van der Waals surface area contributed by atoms with Gasteiger partial charge < -0.3 is 0 Å². The van der Waals surface area contributed by atoms with Gasteiger partial charge >= 0.3 is 0 Å². The molecule has 0 unspecified atom stereocenters. The minimum absolute atomic E-state index is 0.190. The van der Waals surface area contributed by atoms with Gasteiger partial charge in [-0.3, -0.25) is 0 Å². The molecule has 0 aliphatic carbocycles. The fourth-order valence-corrected chi connectivity index (χ4v) is 4.60. The van der Waals surface area contributed by atoms with Crippen molar-refractivity contribution in [2.45, 2.75) is 11.8 Å². The van der Waals surface area contributed by atoms with E-state index < -0.39 is 10.0 Å². The summed E-state index contributed by atoms with van der Waals surface area (Å²) in [5.74, 6) is 0. The lowest BCUT2D eigenvalue weighted by Gasteiger charge is -2.12. The second-order valence-corrected chi connectivity index (χ2v) is 8.84. The predicted octanol–water partition coefficient (Wildman–Crippen LogP) is 5.20. The topological polar surface area (TPSA) is 58.5 Å². The molecule has 0 aliphatic heterocycles. The van der Waals surface area contributed by atoms with Crippen LogP contribution in [0.3, 0.4) is 0 Å². The van der Waals surface area contributed by atoms with E-state index in [4.69, 9.17) is 0 Å². The van der Waals surface area contributed by atoms with Crippen LogP contribution in [-0.4, -0.2) is 14.6 Å². The van der Waals surface area contributed by atoms with E-state index in [1.54, 1.807) is 30.5 Å². The van der Waals surface area contributed by atoms with Crippen LogP contribution in [0.25, 0.3) is 32.3 Å². The molecule has 0 aromatic heterocycles. The van der Waals surface area contributed by atoms with Crippen molar-refractivity contribution in [2.75, 3.05) is 0 Å². The predicted molar refractivity (Wildman–Crippen MR) is 119 cm³/mol. The molecule has 0 spiro atoms. The van der Waals surface area contributed by atoms with Gasteiger partial charge in [-0.15, -0.1) is 0 Å². The highest BCUT2D eigenvalue weighted by Crippen LogP contribution is 2.35. The maximum absolute atomic E-state index is 12.4. The molecule has 4 nitrogen and oxygen atoms in total. The summed E-state index contributed by atoms with van der Waals surface area (Å²) in [6, 6.07) is 25.4. The molecule has 142 valence electrons. The summed E-state index contributed by atoms with van der Waals surface area (Å²) in [7, 11) is -3.70. The molecule has 0 heterocycles. The number of aryl methyl sites for hydroxylation is 1. The molecule has 0 radical (unpaired) electrons. The van der Waals surface area contributed by atoms with Crippen molar-refractivity contribution < 1.29 is 8.42 Å². The van der Waals surface area contributed by atoms with E-state index in [2.05, 4.69) is 52.4 Å². The van der Waals surface area contributed by atoms with Crippen LogP contribution in [0.5, 0.6) is 0 Å². The van der Waals surface area contributed by atoms with Crippen LogP contribution >= 0.6 is 0 Å². The monoisotopic (exact) mass is 398 g/mol. The third-order valence-electron chi connectivity index (χ3n) is 5.27. The molecule has 0 atom stereocenters. The Balaban J connectivity index is 1.56. The van der Waals surface area contributed by atoms with Crippen LogP contribution < -0.4 is 4.83 Å². The first-order valence-electron chi connectivity index (χ1n) is 9.31. The second-order valence-electron chi connectivity index (χ2n) is 7.18. The van der Waals surface area contributed by atoms with E-state index in [-0.39, 0.29) is 4.90 Å². The summed E-state index contributed by atoms with van der Waals surface area (Å²) in [6.07, 6.45) is 1.57. The molecule has 5 rings (SSSR count). The lowest BCUT2D eigenvalue weighted by Crippen LogP contribution is -2.18. The minimum Gasteiger partial charge on any atom is -0.200 e. The maximum Gasteiger partial charge on any atom is 0.276 e. The number of hydrogen-bond acceptors (Lipinski definition) is 3. The van der Waals surface area contributed by atoms with Gasteiger partial charge in [0.15, 0.2) is 0 Å². The summed E-state index contributed by atoms with van der Waals surface area (Å²) >= 11 is 0. The summed E-state index contributed by atoms with van der Waals surface area (Å²) in [4.78, 5) is 2.50. The Morgan fingerprint density at radius 3 is 2.10 bits per heavy atom. The fraction of sp³-hybridized carbons (Fsp3) is 0.0417. The zero-order valence-electron chi connectivity index (χ0n) is 15.8. The first-order valence-corrected chi connectivity index (χ1v) is 10.8.